The summed E-state index contributed by atoms with van der Waals surface area (Å²) in [6, 6.07) is 37.3. The minimum atomic E-state index is -0.185. The third-order valence-electron chi connectivity index (χ3n) is 8.14. The number of rotatable bonds is 3. The van der Waals surface area contributed by atoms with Crippen molar-refractivity contribution in [3.05, 3.63) is 133 Å². The van der Waals surface area contributed by atoms with Crippen molar-refractivity contribution in [3.63, 3.8) is 0 Å². The largest absolute Gasteiger partial charge is 0.331 e. The van der Waals surface area contributed by atoms with Gasteiger partial charge in [0.1, 0.15) is 0 Å². The summed E-state index contributed by atoms with van der Waals surface area (Å²) < 4.78 is 5.07. The summed E-state index contributed by atoms with van der Waals surface area (Å²) in [5, 5.41) is 5.20. The number of para-hydroxylation sites is 2. The molecule has 0 amide bonds. The summed E-state index contributed by atoms with van der Waals surface area (Å²) in [5.41, 5.74) is 6.99. The number of allylic oxidation sites excluding steroid dienone is 4. The van der Waals surface area contributed by atoms with Crippen molar-refractivity contribution in [2.75, 3.05) is 0 Å². The van der Waals surface area contributed by atoms with Crippen molar-refractivity contribution in [3.8, 4) is 11.3 Å². The Labute approximate surface area is 231 Å². The van der Waals surface area contributed by atoms with Gasteiger partial charge >= 0.3 is 0 Å². The molecule has 0 fully saturated rings. The minimum absolute atomic E-state index is 0.185. The monoisotopic (exact) mass is 518 g/mol. The molecule has 0 N–H and O–H groups in total. The van der Waals surface area contributed by atoms with Crippen LogP contribution in [0.5, 0.6) is 0 Å². The summed E-state index contributed by atoms with van der Waals surface area (Å²) in [7, 11) is 0. The smallest absolute Gasteiger partial charge is 0.0709 e. The van der Waals surface area contributed by atoms with E-state index >= 15 is 0 Å². The van der Waals surface area contributed by atoms with Crippen LogP contribution in [0.4, 0.5) is 0 Å². The first-order chi connectivity index (χ1) is 19.2. The zero-order chi connectivity index (χ0) is 26.0. The topological polar surface area (TPSA) is 17.8 Å². The summed E-state index contributed by atoms with van der Waals surface area (Å²) >= 11 is 1.81. The third kappa shape index (κ3) is 3.50. The van der Waals surface area contributed by atoms with Crippen LogP contribution in [0.25, 0.3) is 58.8 Å². The van der Waals surface area contributed by atoms with Crippen LogP contribution in [0, 0.1) is 0 Å². The van der Waals surface area contributed by atoms with Crippen LogP contribution in [-0.2, 0) is 5.54 Å². The van der Waals surface area contributed by atoms with Crippen molar-refractivity contribution < 1.29 is 0 Å². The summed E-state index contributed by atoms with van der Waals surface area (Å²) in [6.07, 6.45) is 10.0. The maximum Gasteiger partial charge on any atom is 0.0709 e. The molecule has 3 heteroatoms. The molecule has 0 radical (unpaired) electrons. The number of fused-ring (bicyclic) bond motifs is 6. The second-order valence-corrected chi connectivity index (χ2v) is 11.8. The van der Waals surface area contributed by atoms with Crippen LogP contribution in [0.1, 0.15) is 18.9 Å². The van der Waals surface area contributed by atoms with E-state index in [9.17, 15) is 0 Å². The van der Waals surface area contributed by atoms with E-state index in [1.807, 2.05) is 17.5 Å². The van der Waals surface area contributed by atoms with Gasteiger partial charge in [-0.1, -0.05) is 91.0 Å². The Balaban J connectivity index is 1.25. The molecule has 1 unspecified atom stereocenters. The average molecular weight is 519 g/mol. The fourth-order valence-electron chi connectivity index (χ4n) is 6.32. The maximum atomic E-state index is 4.87. The molecule has 3 aromatic heterocycles. The van der Waals surface area contributed by atoms with Crippen LogP contribution in [0.2, 0.25) is 0 Å². The Bertz CT molecular complexity index is 2070. The molecule has 1 aliphatic carbocycles. The molecule has 7 aromatic rings. The number of pyridine rings is 1. The lowest BCUT2D eigenvalue weighted by Crippen LogP contribution is -2.28. The first kappa shape index (κ1) is 22.5. The van der Waals surface area contributed by atoms with E-state index in [2.05, 4.69) is 133 Å². The Kier molecular flexibility index (Phi) is 4.92. The van der Waals surface area contributed by atoms with Gasteiger partial charge in [0.15, 0.2) is 0 Å². The molecule has 2 nitrogen and oxygen atoms in total. The first-order valence-corrected chi connectivity index (χ1v) is 14.3. The SMILES string of the molecule is CC1(n2c3ccccc3c3ccccc32)C=C(c2cccc(-c3cc4c(cn3)sc3ccccc34)c2)C=CC1. The van der Waals surface area contributed by atoms with E-state index in [0.717, 1.165) is 17.7 Å². The molecule has 186 valence electrons. The molecule has 1 atom stereocenters. The zero-order valence-corrected chi connectivity index (χ0v) is 22.5. The lowest BCUT2D eigenvalue weighted by atomic mass is 9.86. The molecule has 3 heterocycles. The molecule has 0 bridgehead atoms. The third-order valence-corrected chi connectivity index (χ3v) is 9.26. The summed E-state index contributed by atoms with van der Waals surface area (Å²) in [6.45, 7) is 2.36. The van der Waals surface area contributed by atoms with E-state index in [4.69, 9.17) is 4.98 Å². The van der Waals surface area contributed by atoms with Gasteiger partial charge < -0.3 is 4.57 Å². The van der Waals surface area contributed by atoms with Gasteiger partial charge in [-0.2, -0.15) is 0 Å². The van der Waals surface area contributed by atoms with Crippen molar-refractivity contribution >= 4 is 58.9 Å². The van der Waals surface area contributed by atoms with Gasteiger partial charge in [-0.3, -0.25) is 4.98 Å². The lowest BCUT2D eigenvalue weighted by molar-refractivity contribution is 0.439. The summed E-state index contributed by atoms with van der Waals surface area (Å²) in [4.78, 5) is 4.87. The quantitative estimate of drug-likeness (QED) is 0.228. The zero-order valence-electron chi connectivity index (χ0n) is 21.6. The van der Waals surface area contributed by atoms with E-state index < -0.39 is 0 Å². The molecule has 4 aromatic carbocycles. The standard InChI is InChI=1S/C36H26N2S/c1-36(38-32-16-5-2-13-27(32)28-14-3-6-17-33(28)38)19-9-12-26(22-36)24-10-8-11-25(20-24)31-21-30-29-15-4-7-18-34(29)39-35(30)23-37-31/h2-18,20-23H,19H2,1H3. The molecular formula is C36H26N2S. The average Bonchev–Trinajstić information content (AvgIpc) is 3.53. The molecule has 0 saturated heterocycles. The van der Waals surface area contributed by atoms with E-state index in [1.165, 1.54) is 53.1 Å². The van der Waals surface area contributed by atoms with E-state index in [1.54, 1.807) is 0 Å². The predicted molar refractivity (Wildman–Crippen MR) is 167 cm³/mol. The minimum Gasteiger partial charge on any atom is -0.331 e. The van der Waals surface area contributed by atoms with E-state index in [-0.39, 0.29) is 5.54 Å². The van der Waals surface area contributed by atoms with Gasteiger partial charge in [-0.25, -0.2) is 0 Å². The molecule has 0 spiro atoms. The number of nitrogens with zero attached hydrogens (tertiary/aromatic N) is 2. The second kappa shape index (κ2) is 8.52. The normalized spacial score (nSPS) is 17.4. The number of hydrogen-bond donors (Lipinski definition) is 0. The van der Waals surface area contributed by atoms with E-state index in [0.29, 0.717) is 0 Å². The number of hydrogen-bond acceptors (Lipinski definition) is 2. The highest BCUT2D eigenvalue weighted by molar-refractivity contribution is 7.25. The number of aromatic nitrogens is 2. The van der Waals surface area contributed by atoms with Gasteiger partial charge in [0, 0.05) is 49.0 Å². The van der Waals surface area contributed by atoms with Gasteiger partial charge in [-0.05, 0) is 54.8 Å². The fourth-order valence-corrected chi connectivity index (χ4v) is 7.38. The highest BCUT2D eigenvalue weighted by Gasteiger charge is 2.29. The first-order valence-electron chi connectivity index (χ1n) is 13.4. The maximum absolute atomic E-state index is 4.87. The van der Waals surface area contributed by atoms with Crippen LogP contribution in [0.15, 0.2) is 128 Å². The highest BCUT2D eigenvalue weighted by atomic mass is 32.1. The van der Waals surface area contributed by atoms with Gasteiger partial charge in [0.2, 0.25) is 0 Å². The number of thiophene rings is 1. The van der Waals surface area contributed by atoms with Crippen molar-refractivity contribution in [1.82, 2.24) is 9.55 Å². The Morgan fingerprint density at radius 2 is 1.38 bits per heavy atom. The summed E-state index contributed by atoms with van der Waals surface area (Å²) in [5.74, 6) is 0. The van der Waals surface area contributed by atoms with Crippen molar-refractivity contribution in [1.29, 1.82) is 0 Å². The van der Waals surface area contributed by atoms with Crippen LogP contribution in [0.3, 0.4) is 0 Å². The molecule has 1 aliphatic rings. The van der Waals surface area contributed by atoms with Gasteiger partial charge in [0.05, 0.1) is 15.9 Å². The van der Waals surface area contributed by atoms with Crippen LogP contribution in [-0.4, -0.2) is 9.55 Å². The van der Waals surface area contributed by atoms with Gasteiger partial charge in [-0.15, -0.1) is 11.3 Å². The van der Waals surface area contributed by atoms with Crippen LogP contribution >= 0.6 is 11.3 Å². The molecule has 0 saturated carbocycles. The number of benzene rings is 4. The lowest BCUT2D eigenvalue weighted by Gasteiger charge is -2.32. The predicted octanol–water partition coefficient (Wildman–Crippen LogP) is 9.98. The van der Waals surface area contributed by atoms with Crippen molar-refractivity contribution in [2.24, 2.45) is 0 Å². The van der Waals surface area contributed by atoms with Gasteiger partial charge in [0.25, 0.3) is 0 Å². The molecule has 8 rings (SSSR count). The van der Waals surface area contributed by atoms with Crippen molar-refractivity contribution in [2.45, 2.75) is 18.9 Å². The van der Waals surface area contributed by atoms with Crippen LogP contribution < -0.4 is 0 Å². The Morgan fingerprint density at radius 1 is 0.692 bits per heavy atom. The Morgan fingerprint density at radius 3 is 2.18 bits per heavy atom. The highest BCUT2D eigenvalue weighted by Crippen LogP contribution is 2.41. The molecule has 0 aliphatic heterocycles. The second-order valence-electron chi connectivity index (χ2n) is 10.7. The fraction of sp³-hybridized carbons (Fsp3) is 0.0833. The molecular weight excluding hydrogens is 492 g/mol. The Hall–Kier alpha value is -4.47. The molecule has 39 heavy (non-hydrogen) atoms.